The molecule has 1 aliphatic heterocycles. The third kappa shape index (κ3) is 6.35. The monoisotopic (exact) mass is 388 g/mol. The molecule has 1 aliphatic rings. The SMILES string of the molecule is O=C(CSCc1cccc(Cl)c1)NCc1ccc(CN2CCCC2)cc1. The zero-order valence-electron chi connectivity index (χ0n) is 14.9. The van der Waals surface area contributed by atoms with Crippen LogP contribution in [0.2, 0.25) is 5.02 Å². The van der Waals surface area contributed by atoms with E-state index in [1.807, 2.05) is 24.3 Å². The number of rotatable bonds is 8. The molecule has 138 valence electrons. The molecule has 3 nitrogen and oxygen atoms in total. The lowest BCUT2D eigenvalue weighted by Crippen LogP contribution is -2.24. The zero-order valence-corrected chi connectivity index (χ0v) is 16.5. The highest BCUT2D eigenvalue weighted by Gasteiger charge is 2.11. The number of amides is 1. The molecule has 2 aromatic carbocycles. The van der Waals surface area contributed by atoms with Crippen LogP contribution < -0.4 is 5.32 Å². The molecule has 26 heavy (non-hydrogen) atoms. The van der Waals surface area contributed by atoms with Crippen molar-refractivity contribution in [3.63, 3.8) is 0 Å². The van der Waals surface area contributed by atoms with E-state index in [0.717, 1.165) is 28.4 Å². The molecule has 0 saturated carbocycles. The van der Waals surface area contributed by atoms with Gasteiger partial charge in [-0.2, -0.15) is 0 Å². The average Bonchev–Trinajstić information content (AvgIpc) is 3.14. The molecule has 0 aromatic heterocycles. The van der Waals surface area contributed by atoms with Crippen LogP contribution in [0.4, 0.5) is 0 Å². The summed E-state index contributed by atoms with van der Waals surface area (Å²) in [6, 6.07) is 16.3. The van der Waals surface area contributed by atoms with Gasteiger partial charge in [0.1, 0.15) is 0 Å². The Morgan fingerprint density at radius 1 is 1.04 bits per heavy atom. The molecule has 1 fully saturated rings. The highest BCUT2D eigenvalue weighted by atomic mass is 35.5. The van der Waals surface area contributed by atoms with Gasteiger partial charge in [0, 0.05) is 23.9 Å². The molecule has 1 amide bonds. The van der Waals surface area contributed by atoms with Crippen molar-refractivity contribution in [2.45, 2.75) is 31.7 Å². The van der Waals surface area contributed by atoms with Gasteiger partial charge in [-0.25, -0.2) is 0 Å². The first kappa shape index (κ1) is 19.3. The highest BCUT2D eigenvalue weighted by molar-refractivity contribution is 7.99. The van der Waals surface area contributed by atoms with Crippen LogP contribution in [0.3, 0.4) is 0 Å². The van der Waals surface area contributed by atoms with E-state index in [1.165, 1.54) is 31.5 Å². The largest absolute Gasteiger partial charge is 0.351 e. The van der Waals surface area contributed by atoms with Gasteiger partial charge in [-0.05, 0) is 54.8 Å². The summed E-state index contributed by atoms with van der Waals surface area (Å²) in [5.74, 6) is 1.32. The summed E-state index contributed by atoms with van der Waals surface area (Å²) >= 11 is 7.57. The Hall–Kier alpha value is -1.49. The number of carbonyl (C=O) groups is 1. The van der Waals surface area contributed by atoms with Gasteiger partial charge >= 0.3 is 0 Å². The maximum Gasteiger partial charge on any atom is 0.230 e. The van der Waals surface area contributed by atoms with Crippen molar-refractivity contribution in [1.82, 2.24) is 10.2 Å². The molecule has 0 bridgehead atoms. The van der Waals surface area contributed by atoms with Crippen molar-refractivity contribution in [2.24, 2.45) is 0 Å². The lowest BCUT2D eigenvalue weighted by Gasteiger charge is -2.14. The second-order valence-electron chi connectivity index (χ2n) is 6.70. The van der Waals surface area contributed by atoms with Gasteiger partial charge < -0.3 is 5.32 Å². The summed E-state index contributed by atoms with van der Waals surface area (Å²) in [5.41, 5.74) is 3.63. The molecule has 0 radical (unpaired) electrons. The van der Waals surface area contributed by atoms with Crippen LogP contribution in [0.15, 0.2) is 48.5 Å². The summed E-state index contributed by atoms with van der Waals surface area (Å²) in [5, 5.41) is 3.73. The molecule has 3 rings (SSSR count). The van der Waals surface area contributed by atoms with E-state index in [4.69, 9.17) is 11.6 Å². The standard InChI is InChI=1S/C21H25ClN2OS/c22-20-5-3-4-19(12-20)15-26-16-21(25)23-13-17-6-8-18(9-7-17)14-24-10-1-2-11-24/h3-9,12H,1-2,10-11,13-16H2,(H,23,25). The minimum Gasteiger partial charge on any atom is -0.351 e. The average molecular weight is 389 g/mol. The number of hydrogen-bond donors (Lipinski definition) is 1. The molecule has 5 heteroatoms. The third-order valence-corrected chi connectivity index (χ3v) is 5.75. The molecule has 2 aromatic rings. The fourth-order valence-electron chi connectivity index (χ4n) is 3.10. The van der Waals surface area contributed by atoms with Gasteiger partial charge in [-0.3, -0.25) is 9.69 Å². The normalized spacial score (nSPS) is 14.5. The maximum absolute atomic E-state index is 12.0. The summed E-state index contributed by atoms with van der Waals surface area (Å²) in [6.07, 6.45) is 2.64. The molecule has 0 spiro atoms. The van der Waals surface area contributed by atoms with Crippen LogP contribution in [0.5, 0.6) is 0 Å². The third-order valence-electron chi connectivity index (χ3n) is 4.51. The molecule has 1 saturated heterocycles. The smallest absolute Gasteiger partial charge is 0.230 e. The molecule has 0 aliphatic carbocycles. The van der Waals surface area contributed by atoms with E-state index in [1.54, 1.807) is 11.8 Å². The van der Waals surface area contributed by atoms with Crippen LogP contribution >= 0.6 is 23.4 Å². The minimum atomic E-state index is 0.0678. The topological polar surface area (TPSA) is 32.3 Å². The highest BCUT2D eigenvalue weighted by Crippen LogP contribution is 2.16. The van der Waals surface area contributed by atoms with Crippen molar-refractivity contribution in [2.75, 3.05) is 18.8 Å². The van der Waals surface area contributed by atoms with E-state index in [2.05, 4.69) is 34.5 Å². The van der Waals surface area contributed by atoms with Crippen LogP contribution in [-0.4, -0.2) is 29.6 Å². The van der Waals surface area contributed by atoms with Gasteiger partial charge in [0.25, 0.3) is 0 Å². The summed E-state index contributed by atoms with van der Waals surface area (Å²) in [4.78, 5) is 14.5. The van der Waals surface area contributed by atoms with E-state index in [0.29, 0.717) is 12.3 Å². The number of benzene rings is 2. The fraction of sp³-hybridized carbons (Fsp3) is 0.381. The maximum atomic E-state index is 12.0. The van der Waals surface area contributed by atoms with Gasteiger partial charge in [-0.15, -0.1) is 11.8 Å². The zero-order chi connectivity index (χ0) is 18.2. The first-order chi connectivity index (χ1) is 12.7. The van der Waals surface area contributed by atoms with Crippen LogP contribution in [-0.2, 0) is 23.6 Å². The number of carbonyl (C=O) groups excluding carboxylic acids is 1. The summed E-state index contributed by atoms with van der Waals surface area (Å²) in [6.45, 7) is 4.04. The minimum absolute atomic E-state index is 0.0678. The predicted octanol–water partition coefficient (Wildman–Crippen LogP) is 4.49. The molecular weight excluding hydrogens is 364 g/mol. The van der Waals surface area contributed by atoms with Crippen molar-refractivity contribution in [3.8, 4) is 0 Å². The lowest BCUT2D eigenvalue weighted by atomic mass is 10.1. The number of nitrogens with zero attached hydrogens (tertiary/aromatic N) is 1. The Labute approximate surface area is 165 Å². The van der Waals surface area contributed by atoms with Gasteiger partial charge in [0.15, 0.2) is 0 Å². The lowest BCUT2D eigenvalue weighted by molar-refractivity contribution is -0.118. The van der Waals surface area contributed by atoms with Crippen molar-refractivity contribution in [1.29, 1.82) is 0 Å². The number of likely N-dealkylation sites (tertiary alicyclic amines) is 1. The molecule has 0 unspecified atom stereocenters. The second-order valence-corrected chi connectivity index (χ2v) is 8.12. The Morgan fingerprint density at radius 3 is 2.50 bits per heavy atom. The summed E-state index contributed by atoms with van der Waals surface area (Å²) in [7, 11) is 0. The van der Waals surface area contributed by atoms with Gasteiger partial charge in [0.05, 0.1) is 5.75 Å². The van der Waals surface area contributed by atoms with Crippen LogP contribution in [0.25, 0.3) is 0 Å². The van der Waals surface area contributed by atoms with E-state index < -0.39 is 0 Å². The van der Waals surface area contributed by atoms with Crippen molar-refractivity contribution in [3.05, 3.63) is 70.2 Å². The van der Waals surface area contributed by atoms with Gasteiger partial charge in [0.2, 0.25) is 5.91 Å². The number of nitrogens with one attached hydrogen (secondary N) is 1. The Kier molecular flexibility index (Phi) is 7.42. The first-order valence-corrected chi connectivity index (χ1v) is 10.6. The molecule has 0 atom stereocenters. The second kappa shape index (κ2) is 10.0. The van der Waals surface area contributed by atoms with Crippen molar-refractivity contribution < 1.29 is 4.79 Å². The Balaban J connectivity index is 1.35. The molecule has 1 N–H and O–H groups in total. The van der Waals surface area contributed by atoms with E-state index in [-0.39, 0.29) is 5.91 Å². The first-order valence-electron chi connectivity index (χ1n) is 9.08. The molecule has 1 heterocycles. The molecular formula is C21H25ClN2OS. The van der Waals surface area contributed by atoms with Crippen LogP contribution in [0.1, 0.15) is 29.5 Å². The van der Waals surface area contributed by atoms with Crippen molar-refractivity contribution >= 4 is 29.3 Å². The fourth-order valence-corrected chi connectivity index (χ4v) is 4.12. The number of hydrogen-bond acceptors (Lipinski definition) is 3. The number of thioether (sulfide) groups is 1. The van der Waals surface area contributed by atoms with Crippen LogP contribution in [0, 0.1) is 0 Å². The van der Waals surface area contributed by atoms with E-state index >= 15 is 0 Å². The quantitative estimate of drug-likeness (QED) is 0.723. The van der Waals surface area contributed by atoms with E-state index in [9.17, 15) is 4.79 Å². The van der Waals surface area contributed by atoms with Gasteiger partial charge in [-0.1, -0.05) is 48.0 Å². The Bertz CT molecular complexity index is 714. The predicted molar refractivity (Wildman–Crippen MR) is 110 cm³/mol. The Morgan fingerprint density at radius 2 is 1.77 bits per heavy atom. The summed E-state index contributed by atoms with van der Waals surface area (Å²) < 4.78 is 0. The number of halogens is 1.